The van der Waals surface area contributed by atoms with Gasteiger partial charge in [0.25, 0.3) is 0 Å². The molecule has 0 bridgehead atoms. The molecule has 17 heteroatoms. The van der Waals surface area contributed by atoms with Gasteiger partial charge in [-0.1, -0.05) is 23.2 Å². The van der Waals surface area contributed by atoms with Crippen LogP contribution in [0.1, 0.15) is 31.8 Å². The van der Waals surface area contributed by atoms with Crippen LogP contribution in [-0.4, -0.2) is 133 Å². The van der Waals surface area contributed by atoms with Crippen molar-refractivity contribution < 1.29 is 74.9 Å². The number of hydrogen-bond donors (Lipinski definition) is 8. The Labute approximate surface area is 324 Å². The van der Waals surface area contributed by atoms with Crippen LogP contribution in [0, 0.1) is 0 Å². The van der Waals surface area contributed by atoms with Gasteiger partial charge in [0.2, 0.25) is 12.6 Å². The van der Waals surface area contributed by atoms with Gasteiger partial charge >= 0.3 is 0 Å². The first kappa shape index (κ1) is 43.7. The van der Waals surface area contributed by atoms with E-state index in [1.54, 1.807) is 72.8 Å². The average molecular weight is 808 g/mol. The van der Waals surface area contributed by atoms with Crippen molar-refractivity contribution >= 4 is 34.8 Å². The van der Waals surface area contributed by atoms with Crippen molar-refractivity contribution in [2.24, 2.45) is 0 Å². The molecule has 0 radical (unpaired) electrons. The van der Waals surface area contributed by atoms with E-state index in [0.717, 1.165) is 0 Å². The van der Waals surface area contributed by atoms with Crippen LogP contribution in [0.25, 0.3) is 0 Å². The highest BCUT2D eigenvalue weighted by Crippen LogP contribution is 2.27. The van der Waals surface area contributed by atoms with Crippen LogP contribution in [0.2, 0.25) is 10.0 Å². The zero-order valence-corrected chi connectivity index (χ0v) is 30.2. The summed E-state index contributed by atoms with van der Waals surface area (Å²) in [4.78, 5) is 24.9. The van der Waals surface area contributed by atoms with Crippen LogP contribution in [-0.2, 0) is 9.47 Å². The maximum Gasteiger partial charge on any atom is 0.229 e. The largest absolute Gasteiger partial charge is 0.462 e. The summed E-state index contributed by atoms with van der Waals surface area (Å²) in [6, 6.07) is 25.3. The number of hydrogen-bond acceptors (Lipinski definition) is 14. The van der Waals surface area contributed by atoms with Gasteiger partial charge < -0.3 is 65.3 Å². The Morgan fingerprint density at radius 2 is 0.745 bits per heavy atom. The van der Waals surface area contributed by atoms with Crippen LogP contribution in [0.4, 0.5) is 0 Å². The van der Waals surface area contributed by atoms with Crippen molar-refractivity contribution in [1.29, 1.82) is 0 Å². The van der Waals surface area contributed by atoms with Crippen molar-refractivity contribution in [1.82, 2.24) is 0 Å². The minimum absolute atomic E-state index is 0. The maximum absolute atomic E-state index is 12.4. The lowest BCUT2D eigenvalue weighted by molar-refractivity contribution is -0.277. The molecule has 2 fully saturated rings. The summed E-state index contributed by atoms with van der Waals surface area (Å²) < 4.78 is 21.5. The fourth-order valence-corrected chi connectivity index (χ4v) is 5.76. The highest BCUT2D eigenvalue weighted by atomic mass is 35.5. The van der Waals surface area contributed by atoms with E-state index in [1.165, 1.54) is 24.3 Å². The standard InChI is InChI=1S/2C19H19ClO7.H2O/c2*20-12-5-1-10(2-6-12)15(22)11-3-7-13(8-4-11)26-19-18(25)17(24)16(23)14(9-21)27-19;/h2*1-8,14,16-19,21,23-25H,9H2;1H2/t2*14-,16+,17+,18-,19-;/m11./s1. The third-order valence-corrected chi connectivity index (χ3v) is 9.15. The van der Waals surface area contributed by atoms with Gasteiger partial charge in [-0.15, -0.1) is 0 Å². The zero-order chi connectivity index (χ0) is 39.1. The number of aliphatic hydroxyl groups is 8. The number of benzene rings is 4. The van der Waals surface area contributed by atoms with Crippen LogP contribution in [0.15, 0.2) is 97.1 Å². The first-order chi connectivity index (χ1) is 25.8. The molecule has 0 spiro atoms. The SMILES string of the molecule is O.O=C(c1ccc(Cl)cc1)c1ccc(O[C@@H]2O[C@H](CO)[C@H](O)[C@H](O)[C@H]2O)cc1.O=C(c1ccc(Cl)cc1)c1ccc(O[C@@H]2O[C@H](CO)[C@H](O)[C@H](O)[C@H]2O)cc1. The molecule has 296 valence electrons. The Morgan fingerprint density at radius 1 is 0.473 bits per heavy atom. The molecule has 2 saturated heterocycles. The molecule has 4 aromatic rings. The van der Waals surface area contributed by atoms with Crippen molar-refractivity contribution in [3.8, 4) is 11.5 Å². The smallest absolute Gasteiger partial charge is 0.229 e. The Morgan fingerprint density at radius 3 is 1.02 bits per heavy atom. The molecule has 10 atom stereocenters. The molecule has 2 aliphatic rings. The van der Waals surface area contributed by atoms with Crippen molar-refractivity contribution in [3.63, 3.8) is 0 Å². The molecular weight excluding hydrogens is 767 g/mol. The lowest BCUT2D eigenvalue weighted by atomic mass is 9.99. The summed E-state index contributed by atoms with van der Waals surface area (Å²) in [5, 5.41) is 78.5. The van der Waals surface area contributed by atoms with Gasteiger partial charge in [0.1, 0.15) is 60.3 Å². The first-order valence-corrected chi connectivity index (χ1v) is 17.3. The second kappa shape index (κ2) is 19.7. The molecule has 0 aromatic heterocycles. The second-order valence-corrected chi connectivity index (χ2v) is 13.2. The lowest BCUT2D eigenvalue weighted by Crippen LogP contribution is -2.60. The molecule has 0 amide bonds. The van der Waals surface area contributed by atoms with E-state index in [-0.39, 0.29) is 28.5 Å². The predicted octanol–water partition coefficient (Wildman–Crippen LogP) is 0.675. The Kier molecular flexibility index (Phi) is 15.7. The normalized spacial score (nSPS) is 27.5. The molecule has 4 aromatic carbocycles. The van der Waals surface area contributed by atoms with Gasteiger partial charge in [-0.2, -0.15) is 0 Å². The fraction of sp³-hybridized carbons (Fsp3) is 0.316. The van der Waals surface area contributed by atoms with Gasteiger partial charge in [-0.3, -0.25) is 9.59 Å². The molecule has 55 heavy (non-hydrogen) atoms. The summed E-state index contributed by atoms with van der Waals surface area (Å²) in [5.74, 6) is 0.191. The first-order valence-electron chi connectivity index (χ1n) is 16.6. The van der Waals surface area contributed by atoms with Crippen molar-refractivity contribution in [3.05, 3.63) is 129 Å². The lowest BCUT2D eigenvalue weighted by Gasteiger charge is -2.39. The number of ether oxygens (including phenoxy) is 4. The molecule has 6 rings (SSSR count). The van der Waals surface area contributed by atoms with Gasteiger partial charge in [0, 0.05) is 32.3 Å². The summed E-state index contributed by atoms with van der Waals surface area (Å²) >= 11 is 11.6. The summed E-state index contributed by atoms with van der Waals surface area (Å²) in [6.45, 7) is -1.08. The Balaban J connectivity index is 0.000000240. The van der Waals surface area contributed by atoms with Crippen LogP contribution in [0.5, 0.6) is 11.5 Å². The number of halogens is 2. The van der Waals surface area contributed by atoms with E-state index < -0.39 is 74.6 Å². The highest BCUT2D eigenvalue weighted by molar-refractivity contribution is 6.31. The maximum atomic E-state index is 12.4. The van der Waals surface area contributed by atoms with E-state index in [1.807, 2.05) is 0 Å². The zero-order valence-electron chi connectivity index (χ0n) is 28.7. The minimum Gasteiger partial charge on any atom is -0.462 e. The number of aliphatic hydroxyl groups excluding tert-OH is 8. The number of carbonyl (C=O) groups is 2. The van der Waals surface area contributed by atoms with Crippen LogP contribution < -0.4 is 9.47 Å². The molecule has 2 aliphatic heterocycles. The molecule has 15 nitrogen and oxygen atoms in total. The summed E-state index contributed by atoms with van der Waals surface area (Å²) in [5.41, 5.74) is 1.83. The number of carbonyl (C=O) groups excluding carboxylic acids is 2. The van der Waals surface area contributed by atoms with E-state index in [0.29, 0.717) is 32.3 Å². The quantitative estimate of drug-likeness (QED) is 0.103. The highest BCUT2D eigenvalue weighted by Gasteiger charge is 2.45. The third-order valence-electron chi connectivity index (χ3n) is 8.65. The monoisotopic (exact) mass is 806 g/mol. The van der Waals surface area contributed by atoms with E-state index >= 15 is 0 Å². The predicted molar refractivity (Wildman–Crippen MR) is 195 cm³/mol. The number of rotatable bonds is 10. The van der Waals surface area contributed by atoms with Crippen molar-refractivity contribution in [2.45, 2.75) is 61.4 Å². The minimum atomic E-state index is -1.52. The molecule has 0 aliphatic carbocycles. The topological polar surface area (TPSA) is 264 Å². The van der Waals surface area contributed by atoms with Gasteiger partial charge in [0.15, 0.2) is 11.6 Å². The summed E-state index contributed by atoms with van der Waals surface area (Å²) in [6.07, 6.45) is -13.6. The van der Waals surface area contributed by atoms with Gasteiger partial charge in [-0.05, 0) is 97.1 Å². The second-order valence-electron chi connectivity index (χ2n) is 12.4. The molecule has 10 N–H and O–H groups in total. The number of ketones is 2. The summed E-state index contributed by atoms with van der Waals surface area (Å²) in [7, 11) is 0. The third kappa shape index (κ3) is 10.6. The van der Waals surface area contributed by atoms with Gasteiger partial charge in [0.05, 0.1) is 13.2 Å². The molecule has 2 heterocycles. The van der Waals surface area contributed by atoms with Crippen molar-refractivity contribution in [2.75, 3.05) is 13.2 Å². The average Bonchev–Trinajstić information content (AvgIpc) is 3.19. The molecule has 0 saturated carbocycles. The van der Waals surface area contributed by atoms with Gasteiger partial charge in [-0.25, -0.2) is 0 Å². The van der Waals surface area contributed by atoms with Crippen LogP contribution >= 0.6 is 23.2 Å². The van der Waals surface area contributed by atoms with E-state index in [9.17, 15) is 50.4 Å². The van der Waals surface area contributed by atoms with E-state index in [2.05, 4.69) is 0 Å². The van der Waals surface area contributed by atoms with Crippen LogP contribution in [0.3, 0.4) is 0 Å². The molecule has 0 unspecified atom stereocenters. The Bertz CT molecular complexity index is 1690. The molecular formula is C38H40Cl2O15. The Hall–Kier alpha value is -4.04. The van der Waals surface area contributed by atoms with E-state index in [4.69, 9.17) is 42.1 Å². The fourth-order valence-electron chi connectivity index (χ4n) is 5.50.